The molecule has 2 amide bonds. The number of nitrogens with zero attached hydrogens (tertiary/aromatic N) is 3. The molecule has 1 aromatic carbocycles. The Morgan fingerprint density at radius 3 is 2.22 bits per heavy atom. The Hall–Kier alpha value is -1.92. The van der Waals surface area contributed by atoms with E-state index in [0.29, 0.717) is 6.54 Å². The zero-order valence-corrected chi connectivity index (χ0v) is 16.6. The molecule has 1 aromatic rings. The van der Waals surface area contributed by atoms with Crippen LogP contribution in [0.1, 0.15) is 38.3 Å². The fourth-order valence-electron chi connectivity index (χ4n) is 3.89. The van der Waals surface area contributed by atoms with Crippen LogP contribution >= 0.6 is 0 Å². The van der Waals surface area contributed by atoms with Crippen molar-refractivity contribution in [1.29, 1.82) is 0 Å². The van der Waals surface area contributed by atoms with Crippen molar-refractivity contribution in [2.75, 3.05) is 45.8 Å². The fourth-order valence-corrected chi connectivity index (χ4v) is 3.89. The highest BCUT2D eigenvalue weighted by atomic mass is 16.2. The van der Waals surface area contributed by atoms with Crippen LogP contribution in [0.25, 0.3) is 0 Å². The molecule has 0 aliphatic carbocycles. The smallest absolute Gasteiger partial charge is 0.237 e. The molecular formula is C21H32N4O2. The maximum absolute atomic E-state index is 12.6. The van der Waals surface area contributed by atoms with Gasteiger partial charge in [-0.2, -0.15) is 0 Å². The first-order valence-electron chi connectivity index (χ1n) is 10.1. The number of likely N-dealkylation sites (tertiary alicyclic amines) is 1. The number of rotatable bonds is 6. The molecule has 2 aliphatic rings. The van der Waals surface area contributed by atoms with E-state index in [9.17, 15) is 9.59 Å². The van der Waals surface area contributed by atoms with Gasteiger partial charge in [-0.1, -0.05) is 30.3 Å². The SMILES string of the molecule is CC(NC(=O)C(C)N1CCN(CC(=O)N2CCCC2)CC1)c1ccccc1. The van der Waals surface area contributed by atoms with Gasteiger partial charge in [0.15, 0.2) is 0 Å². The molecular weight excluding hydrogens is 340 g/mol. The minimum atomic E-state index is -0.160. The van der Waals surface area contributed by atoms with Gasteiger partial charge in [0.2, 0.25) is 11.8 Å². The summed E-state index contributed by atoms with van der Waals surface area (Å²) in [6.45, 7) is 9.64. The van der Waals surface area contributed by atoms with Gasteiger partial charge in [-0.15, -0.1) is 0 Å². The summed E-state index contributed by atoms with van der Waals surface area (Å²) in [5.41, 5.74) is 1.11. The lowest BCUT2D eigenvalue weighted by molar-refractivity contribution is -0.133. The number of carbonyl (C=O) groups excluding carboxylic acids is 2. The average molecular weight is 373 g/mol. The van der Waals surface area contributed by atoms with Crippen molar-refractivity contribution in [3.05, 3.63) is 35.9 Å². The minimum absolute atomic E-state index is 0.000483. The molecule has 2 heterocycles. The number of amides is 2. The van der Waals surface area contributed by atoms with Crippen LogP contribution in [0, 0.1) is 0 Å². The number of hydrogen-bond acceptors (Lipinski definition) is 4. The lowest BCUT2D eigenvalue weighted by Crippen LogP contribution is -2.55. The van der Waals surface area contributed by atoms with Crippen LogP contribution in [0.15, 0.2) is 30.3 Å². The predicted octanol–water partition coefficient (Wildman–Crippen LogP) is 1.49. The van der Waals surface area contributed by atoms with E-state index in [1.165, 1.54) is 0 Å². The van der Waals surface area contributed by atoms with E-state index in [1.54, 1.807) is 0 Å². The lowest BCUT2D eigenvalue weighted by Gasteiger charge is -2.37. The molecule has 27 heavy (non-hydrogen) atoms. The van der Waals surface area contributed by atoms with Gasteiger partial charge in [-0.05, 0) is 32.3 Å². The molecule has 6 heteroatoms. The lowest BCUT2D eigenvalue weighted by atomic mass is 10.1. The third kappa shape index (κ3) is 5.30. The van der Waals surface area contributed by atoms with Crippen LogP contribution in [-0.4, -0.2) is 78.4 Å². The van der Waals surface area contributed by atoms with E-state index < -0.39 is 0 Å². The second-order valence-corrected chi connectivity index (χ2v) is 7.72. The van der Waals surface area contributed by atoms with Crippen LogP contribution < -0.4 is 5.32 Å². The summed E-state index contributed by atoms with van der Waals surface area (Å²) in [4.78, 5) is 31.3. The van der Waals surface area contributed by atoms with Crippen LogP contribution in [0.2, 0.25) is 0 Å². The van der Waals surface area contributed by atoms with Gasteiger partial charge >= 0.3 is 0 Å². The first-order valence-corrected chi connectivity index (χ1v) is 10.1. The summed E-state index contributed by atoms with van der Waals surface area (Å²) in [6, 6.07) is 9.87. The molecule has 0 aromatic heterocycles. The number of hydrogen-bond donors (Lipinski definition) is 1. The second kappa shape index (κ2) is 9.33. The number of nitrogens with one attached hydrogen (secondary N) is 1. The third-order valence-corrected chi connectivity index (χ3v) is 5.81. The standard InChI is InChI=1S/C21H32N4O2/c1-17(19-8-4-3-5-9-19)22-21(27)18(2)24-14-12-23(13-15-24)16-20(26)25-10-6-7-11-25/h3-5,8-9,17-18H,6-7,10-16H2,1-2H3,(H,22,27). The molecule has 0 radical (unpaired) electrons. The molecule has 2 aliphatic heterocycles. The number of piperazine rings is 1. The van der Waals surface area contributed by atoms with Gasteiger partial charge < -0.3 is 10.2 Å². The van der Waals surface area contributed by atoms with Crippen molar-refractivity contribution in [2.24, 2.45) is 0 Å². The second-order valence-electron chi connectivity index (χ2n) is 7.72. The highest BCUT2D eigenvalue weighted by molar-refractivity contribution is 5.81. The van der Waals surface area contributed by atoms with Gasteiger partial charge in [-0.3, -0.25) is 19.4 Å². The molecule has 2 saturated heterocycles. The van der Waals surface area contributed by atoms with Crippen molar-refractivity contribution >= 4 is 11.8 Å². The van der Waals surface area contributed by atoms with E-state index in [4.69, 9.17) is 0 Å². The molecule has 6 nitrogen and oxygen atoms in total. The fraction of sp³-hybridized carbons (Fsp3) is 0.619. The first kappa shape index (κ1) is 19.8. The molecule has 0 saturated carbocycles. The number of carbonyl (C=O) groups is 2. The van der Waals surface area contributed by atoms with Gasteiger partial charge in [0.25, 0.3) is 0 Å². The van der Waals surface area contributed by atoms with Crippen molar-refractivity contribution in [2.45, 2.75) is 38.8 Å². The van der Waals surface area contributed by atoms with E-state index in [0.717, 1.165) is 57.7 Å². The Labute approximate surface area is 162 Å². The monoisotopic (exact) mass is 372 g/mol. The maximum Gasteiger partial charge on any atom is 0.237 e. The highest BCUT2D eigenvalue weighted by Crippen LogP contribution is 2.14. The molecule has 3 rings (SSSR count). The van der Waals surface area contributed by atoms with Gasteiger partial charge in [0, 0.05) is 39.3 Å². The molecule has 2 unspecified atom stereocenters. The van der Waals surface area contributed by atoms with E-state index >= 15 is 0 Å². The van der Waals surface area contributed by atoms with Crippen molar-refractivity contribution in [3.8, 4) is 0 Å². The van der Waals surface area contributed by atoms with Gasteiger partial charge in [0.05, 0.1) is 18.6 Å². The molecule has 0 spiro atoms. The summed E-state index contributed by atoms with van der Waals surface area (Å²) in [6.07, 6.45) is 2.26. The van der Waals surface area contributed by atoms with E-state index in [2.05, 4.69) is 15.1 Å². The zero-order valence-electron chi connectivity index (χ0n) is 16.6. The van der Waals surface area contributed by atoms with Crippen molar-refractivity contribution in [1.82, 2.24) is 20.0 Å². The highest BCUT2D eigenvalue weighted by Gasteiger charge is 2.28. The molecule has 0 bridgehead atoms. The Morgan fingerprint density at radius 2 is 1.59 bits per heavy atom. The van der Waals surface area contributed by atoms with Crippen LogP contribution in [0.3, 0.4) is 0 Å². The van der Waals surface area contributed by atoms with Crippen molar-refractivity contribution in [3.63, 3.8) is 0 Å². The zero-order chi connectivity index (χ0) is 19.2. The Kier molecular flexibility index (Phi) is 6.85. The summed E-state index contributed by atoms with van der Waals surface area (Å²) < 4.78 is 0. The first-order chi connectivity index (χ1) is 13.0. The summed E-state index contributed by atoms with van der Waals surface area (Å²) in [5, 5.41) is 3.12. The molecule has 1 N–H and O–H groups in total. The van der Waals surface area contributed by atoms with Gasteiger partial charge in [-0.25, -0.2) is 0 Å². The normalized spacial score (nSPS) is 21.0. The molecule has 148 valence electrons. The average Bonchev–Trinajstić information content (AvgIpc) is 3.23. The molecule has 2 atom stereocenters. The summed E-state index contributed by atoms with van der Waals surface area (Å²) >= 11 is 0. The van der Waals surface area contributed by atoms with E-state index in [1.807, 2.05) is 49.1 Å². The minimum Gasteiger partial charge on any atom is -0.348 e. The summed E-state index contributed by atoms with van der Waals surface area (Å²) in [5.74, 6) is 0.316. The quantitative estimate of drug-likeness (QED) is 0.822. The summed E-state index contributed by atoms with van der Waals surface area (Å²) in [7, 11) is 0. The topological polar surface area (TPSA) is 55.9 Å². The maximum atomic E-state index is 12.6. The van der Waals surface area contributed by atoms with E-state index in [-0.39, 0.29) is 23.9 Å². The van der Waals surface area contributed by atoms with Crippen LogP contribution in [0.4, 0.5) is 0 Å². The van der Waals surface area contributed by atoms with Gasteiger partial charge in [0.1, 0.15) is 0 Å². The van der Waals surface area contributed by atoms with Crippen LogP contribution in [0.5, 0.6) is 0 Å². The third-order valence-electron chi connectivity index (χ3n) is 5.81. The molecule has 2 fully saturated rings. The Balaban J connectivity index is 1.43. The Bertz CT molecular complexity index is 622. The van der Waals surface area contributed by atoms with Crippen molar-refractivity contribution < 1.29 is 9.59 Å². The van der Waals surface area contributed by atoms with Crippen LogP contribution in [-0.2, 0) is 9.59 Å². The number of benzene rings is 1. The predicted molar refractivity (Wildman–Crippen MR) is 106 cm³/mol. The Morgan fingerprint density at radius 1 is 0.963 bits per heavy atom. The largest absolute Gasteiger partial charge is 0.348 e.